The average Bonchev–Trinajstić information content (AvgIpc) is 2.63. The Morgan fingerprint density at radius 2 is 1.93 bits per heavy atom. The van der Waals surface area contributed by atoms with Gasteiger partial charge in [0.05, 0.1) is 6.20 Å². The van der Waals surface area contributed by atoms with Gasteiger partial charge in [-0.15, -0.1) is 0 Å². The van der Waals surface area contributed by atoms with Crippen LogP contribution in [0.1, 0.15) is 12.8 Å². The van der Waals surface area contributed by atoms with Gasteiger partial charge in [-0.1, -0.05) is 0 Å². The van der Waals surface area contributed by atoms with Gasteiger partial charge in [0.25, 0.3) is 0 Å². The first-order valence-electron chi connectivity index (χ1n) is 5.68. The smallest absolute Gasteiger partial charge is 0.147 e. The molecule has 0 aromatic carbocycles. The lowest BCUT2D eigenvalue weighted by atomic mass is 10.1. The van der Waals surface area contributed by atoms with E-state index in [0.29, 0.717) is 6.04 Å². The van der Waals surface area contributed by atoms with Crippen molar-refractivity contribution in [3.05, 3.63) is 18.6 Å². The molecule has 1 aromatic rings. The third-order valence-corrected chi connectivity index (χ3v) is 3.50. The van der Waals surface area contributed by atoms with Crippen molar-refractivity contribution in [3.8, 4) is 0 Å². The predicted molar refractivity (Wildman–Crippen MR) is 58.8 cm³/mol. The minimum atomic E-state index is 0.681. The second kappa shape index (κ2) is 3.77. The molecular formula is C11H16N4. The molecule has 3 fully saturated rings. The lowest BCUT2D eigenvalue weighted by Gasteiger charge is -2.31. The highest BCUT2D eigenvalue weighted by Crippen LogP contribution is 2.24. The van der Waals surface area contributed by atoms with Crippen LogP contribution < -0.4 is 4.90 Å². The number of piperidine rings is 1. The third kappa shape index (κ3) is 1.69. The molecular weight excluding hydrogens is 188 g/mol. The summed E-state index contributed by atoms with van der Waals surface area (Å²) in [6.07, 6.45) is 7.95. The van der Waals surface area contributed by atoms with Crippen LogP contribution in [-0.2, 0) is 0 Å². The van der Waals surface area contributed by atoms with Crippen LogP contribution >= 0.6 is 0 Å². The number of rotatable bonds is 1. The first-order chi connectivity index (χ1) is 7.43. The minimum Gasteiger partial charge on any atom is -0.351 e. The molecule has 0 saturated carbocycles. The number of hydrogen-bond acceptors (Lipinski definition) is 4. The summed E-state index contributed by atoms with van der Waals surface area (Å²) in [5, 5.41) is 0. The number of aromatic nitrogens is 2. The first kappa shape index (κ1) is 9.09. The van der Waals surface area contributed by atoms with E-state index >= 15 is 0 Å². The number of hydrogen-bond donors (Lipinski definition) is 0. The van der Waals surface area contributed by atoms with E-state index in [2.05, 4.69) is 19.8 Å². The van der Waals surface area contributed by atoms with Gasteiger partial charge in [0.1, 0.15) is 5.82 Å². The second-order valence-corrected chi connectivity index (χ2v) is 4.33. The van der Waals surface area contributed by atoms with E-state index in [1.165, 1.54) is 32.5 Å². The van der Waals surface area contributed by atoms with E-state index in [9.17, 15) is 0 Å². The number of nitrogens with zero attached hydrogens (tertiary/aromatic N) is 4. The fourth-order valence-corrected chi connectivity index (χ4v) is 2.63. The van der Waals surface area contributed by atoms with Crippen LogP contribution in [0.5, 0.6) is 0 Å². The second-order valence-electron chi connectivity index (χ2n) is 4.33. The maximum absolute atomic E-state index is 4.41. The zero-order valence-corrected chi connectivity index (χ0v) is 8.84. The molecule has 0 amide bonds. The fraction of sp³-hybridized carbons (Fsp3) is 0.636. The van der Waals surface area contributed by atoms with Gasteiger partial charge in [-0.2, -0.15) is 0 Å². The van der Waals surface area contributed by atoms with Crippen molar-refractivity contribution in [3.63, 3.8) is 0 Å². The van der Waals surface area contributed by atoms with Crippen LogP contribution in [0.3, 0.4) is 0 Å². The molecule has 4 heterocycles. The van der Waals surface area contributed by atoms with Crippen molar-refractivity contribution in [2.45, 2.75) is 18.9 Å². The normalized spacial score (nSPS) is 30.3. The van der Waals surface area contributed by atoms with Crippen LogP contribution in [0, 0.1) is 0 Å². The van der Waals surface area contributed by atoms with Gasteiger partial charge < -0.3 is 9.80 Å². The summed E-state index contributed by atoms with van der Waals surface area (Å²) < 4.78 is 0. The van der Waals surface area contributed by atoms with Crippen LogP contribution in [0.2, 0.25) is 0 Å². The summed E-state index contributed by atoms with van der Waals surface area (Å²) >= 11 is 0. The average molecular weight is 204 g/mol. The van der Waals surface area contributed by atoms with E-state index < -0.39 is 0 Å². The Bertz CT molecular complexity index is 319. The molecule has 3 saturated heterocycles. The Kier molecular flexibility index (Phi) is 2.29. The van der Waals surface area contributed by atoms with Gasteiger partial charge in [0.15, 0.2) is 0 Å². The molecule has 2 bridgehead atoms. The van der Waals surface area contributed by atoms with E-state index in [0.717, 1.165) is 12.4 Å². The number of fused-ring (bicyclic) bond motifs is 4. The molecule has 0 unspecified atom stereocenters. The lowest BCUT2D eigenvalue weighted by molar-refractivity contribution is 0.250. The van der Waals surface area contributed by atoms with Gasteiger partial charge >= 0.3 is 0 Å². The first-order valence-corrected chi connectivity index (χ1v) is 5.68. The molecule has 0 radical (unpaired) electrons. The zero-order valence-electron chi connectivity index (χ0n) is 8.84. The summed E-state index contributed by atoms with van der Waals surface area (Å²) in [5.41, 5.74) is 0. The van der Waals surface area contributed by atoms with Gasteiger partial charge in [0, 0.05) is 44.6 Å². The van der Waals surface area contributed by atoms with Crippen LogP contribution in [-0.4, -0.2) is 47.1 Å². The SMILES string of the molecule is c1cnc(N2CCN3CCC2CC3)cn1. The highest BCUT2D eigenvalue weighted by atomic mass is 15.3. The quantitative estimate of drug-likeness (QED) is 0.676. The van der Waals surface area contributed by atoms with Crippen molar-refractivity contribution < 1.29 is 0 Å². The Hall–Kier alpha value is -1.16. The molecule has 3 aliphatic rings. The lowest BCUT2D eigenvalue weighted by Crippen LogP contribution is -2.38. The summed E-state index contributed by atoms with van der Waals surface area (Å²) in [6, 6.07) is 0.681. The van der Waals surface area contributed by atoms with Gasteiger partial charge in [-0.3, -0.25) is 4.98 Å². The van der Waals surface area contributed by atoms with Crippen LogP contribution in [0.4, 0.5) is 5.82 Å². The zero-order chi connectivity index (χ0) is 10.1. The molecule has 0 spiro atoms. The van der Waals surface area contributed by atoms with Gasteiger partial charge in [-0.05, 0) is 12.8 Å². The number of anilines is 1. The Labute approximate surface area is 89.9 Å². The summed E-state index contributed by atoms with van der Waals surface area (Å²) in [6.45, 7) is 4.78. The van der Waals surface area contributed by atoms with E-state index in [1.807, 2.05) is 6.20 Å². The topological polar surface area (TPSA) is 32.3 Å². The Morgan fingerprint density at radius 3 is 2.67 bits per heavy atom. The van der Waals surface area contributed by atoms with Crippen LogP contribution in [0.15, 0.2) is 18.6 Å². The maximum Gasteiger partial charge on any atom is 0.147 e. The highest BCUT2D eigenvalue weighted by molar-refractivity contribution is 5.37. The highest BCUT2D eigenvalue weighted by Gasteiger charge is 2.29. The molecule has 4 nitrogen and oxygen atoms in total. The molecule has 1 aromatic heterocycles. The molecule has 0 N–H and O–H groups in total. The molecule has 0 aliphatic carbocycles. The summed E-state index contributed by atoms with van der Waals surface area (Å²) in [4.78, 5) is 13.5. The van der Waals surface area contributed by atoms with Crippen molar-refractivity contribution in [1.82, 2.24) is 14.9 Å². The van der Waals surface area contributed by atoms with E-state index in [-0.39, 0.29) is 0 Å². The van der Waals surface area contributed by atoms with Crippen LogP contribution in [0.25, 0.3) is 0 Å². The van der Waals surface area contributed by atoms with Crippen molar-refractivity contribution in [2.24, 2.45) is 0 Å². The predicted octanol–water partition coefficient (Wildman–Crippen LogP) is 0.761. The molecule has 80 valence electrons. The fourth-order valence-electron chi connectivity index (χ4n) is 2.63. The third-order valence-electron chi connectivity index (χ3n) is 3.50. The van der Waals surface area contributed by atoms with Gasteiger partial charge in [-0.25, -0.2) is 4.98 Å². The van der Waals surface area contributed by atoms with Crippen molar-refractivity contribution >= 4 is 5.82 Å². The Morgan fingerprint density at radius 1 is 1.07 bits per heavy atom. The van der Waals surface area contributed by atoms with E-state index in [4.69, 9.17) is 0 Å². The van der Waals surface area contributed by atoms with Gasteiger partial charge in [0.2, 0.25) is 0 Å². The standard InChI is InChI=1S/C11H16N4/c1-5-14-6-2-10(1)15(8-7-14)11-9-12-3-4-13-11/h3-4,9-10H,1-2,5-8H2. The van der Waals surface area contributed by atoms with E-state index in [1.54, 1.807) is 12.4 Å². The molecule has 0 atom stereocenters. The Balaban J connectivity index is 1.86. The largest absolute Gasteiger partial charge is 0.351 e. The molecule has 3 aliphatic heterocycles. The summed E-state index contributed by atoms with van der Waals surface area (Å²) in [7, 11) is 0. The molecule has 15 heavy (non-hydrogen) atoms. The monoisotopic (exact) mass is 204 g/mol. The minimum absolute atomic E-state index is 0.681. The van der Waals surface area contributed by atoms with Crippen molar-refractivity contribution in [2.75, 3.05) is 31.1 Å². The maximum atomic E-state index is 4.41. The van der Waals surface area contributed by atoms with Crippen molar-refractivity contribution in [1.29, 1.82) is 0 Å². The summed E-state index contributed by atoms with van der Waals surface area (Å²) in [5.74, 6) is 1.05. The molecule has 4 heteroatoms. The molecule has 4 rings (SSSR count).